The Bertz CT molecular complexity index is 832. The molecule has 0 aliphatic carbocycles. The van der Waals surface area contributed by atoms with Crippen molar-refractivity contribution in [3.8, 4) is 0 Å². The molecule has 0 aromatic heterocycles. The first-order valence-corrected chi connectivity index (χ1v) is 8.95. The van der Waals surface area contributed by atoms with E-state index in [1.54, 1.807) is 0 Å². The van der Waals surface area contributed by atoms with Gasteiger partial charge in [-0.15, -0.1) is 0 Å². The highest BCUT2D eigenvalue weighted by Crippen LogP contribution is 2.20. The van der Waals surface area contributed by atoms with Crippen LogP contribution in [-0.2, 0) is 20.7 Å². The first-order chi connectivity index (χ1) is 13.3. The molecule has 0 bridgehead atoms. The van der Waals surface area contributed by atoms with Crippen LogP contribution in [0.5, 0.6) is 0 Å². The number of hydrogen-bond acceptors (Lipinski definition) is 4. The number of amides is 3. The largest absolute Gasteiger partial charge is 0.451 e. The highest BCUT2D eigenvalue weighted by molar-refractivity contribution is 5.96. The first kappa shape index (κ1) is 21.0. The Labute approximate surface area is 164 Å². The van der Waals surface area contributed by atoms with Crippen molar-refractivity contribution < 1.29 is 19.1 Å². The molecule has 148 valence electrons. The monoisotopic (exact) mass is 383 g/mol. The standard InChI is InChI=1S/C21H25N3O4/c1-13-8-7-9-14(2)18(13)24-19(25)15(3)28-20(26)17(23-21(22)27)12-16-10-5-4-6-11-16/h4-11,15,17H,12H2,1-3H3,(H,24,25)(H3,22,23,27)/t15-,17+/m1/s1. The van der Waals surface area contributed by atoms with E-state index in [4.69, 9.17) is 10.5 Å². The SMILES string of the molecule is Cc1cccc(C)c1NC(=O)[C@@H](C)OC(=O)[C@H](Cc1ccccc1)NC(N)=O. The number of primary amides is 1. The van der Waals surface area contributed by atoms with Crippen LogP contribution in [0.1, 0.15) is 23.6 Å². The zero-order valence-corrected chi connectivity index (χ0v) is 16.2. The van der Waals surface area contributed by atoms with Crippen molar-refractivity contribution in [1.29, 1.82) is 0 Å². The Morgan fingerprint density at radius 1 is 1.00 bits per heavy atom. The molecule has 2 aromatic carbocycles. The predicted octanol–water partition coefficient (Wildman–Crippen LogP) is 2.45. The van der Waals surface area contributed by atoms with Gasteiger partial charge in [0.2, 0.25) is 0 Å². The second-order valence-electron chi connectivity index (χ2n) is 6.59. The Kier molecular flexibility index (Phi) is 7.14. The van der Waals surface area contributed by atoms with Gasteiger partial charge < -0.3 is 21.1 Å². The van der Waals surface area contributed by atoms with Crippen LogP contribution >= 0.6 is 0 Å². The lowest BCUT2D eigenvalue weighted by molar-refractivity contribution is -0.155. The van der Waals surface area contributed by atoms with E-state index in [1.165, 1.54) is 6.92 Å². The average Bonchev–Trinajstić information content (AvgIpc) is 2.64. The molecule has 0 fully saturated rings. The smallest absolute Gasteiger partial charge is 0.329 e. The van der Waals surface area contributed by atoms with Crippen LogP contribution in [-0.4, -0.2) is 30.1 Å². The van der Waals surface area contributed by atoms with Gasteiger partial charge in [0.15, 0.2) is 6.10 Å². The quantitative estimate of drug-likeness (QED) is 0.638. The Balaban J connectivity index is 2.04. The van der Waals surface area contributed by atoms with E-state index in [0.717, 1.165) is 16.7 Å². The van der Waals surface area contributed by atoms with Crippen molar-refractivity contribution in [2.45, 2.75) is 39.3 Å². The van der Waals surface area contributed by atoms with E-state index in [2.05, 4.69) is 10.6 Å². The number of esters is 1. The van der Waals surface area contributed by atoms with Crippen molar-refractivity contribution in [3.05, 3.63) is 65.2 Å². The third-order valence-corrected chi connectivity index (χ3v) is 4.28. The van der Waals surface area contributed by atoms with Crippen LogP contribution < -0.4 is 16.4 Å². The maximum Gasteiger partial charge on any atom is 0.329 e. The van der Waals surface area contributed by atoms with Gasteiger partial charge in [0.1, 0.15) is 6.04 Å². The van der Waals surface area contributed by atoms with Gasteiger partial charge in [-0.25, -0.2) is 9.59 Å². The summed E-state index contributed by atoms with van der Waals surface area (Å²) in [5.74, 6) is -1.19. The maximum atomic E-state index is 12.5. The summed E-state index contributed by atoms with van der Waals surface area (Å²) in [5, 5.41) is 5.16. The molecule has 0 saturated carbocycles. The molecule has 2 atom stereocenters. The van der Waals surface area contributed by atoms with Crippen LogP contribution in [0.2, 0.25) is 0 Å². The summed E-state index contributed by atoms with van der Waals surface area (Å²) < 4.78 is 5.28. The van der Waals surface area contributed by atoms with Crippen LogP contribution in [0.4, 0.5) is 10.5 Å². The number of para-hydroxylation sites is 1. The molecular weight excluding hydrogens is 358 g/mol. The normalized spacial score (nSPS) is 12.5. The lowest BCUT2D eigenvalue weighted by Gasteiger charge is -2.20. The van der Waals surface area contributed by atoms with E-state index in [1.807, 2.05) is 62.4 Å². The zero-order chi connectivity index (χ0) is 20.7. The van der Waals surface area contributed by atoms with Crippen molar-refractivity contribution in [3.63, 3.8) is 0 Å². The van der Waals surface area contributed by atoms with Crippen LogP contribution in [0.15, 0.2) is 48.5 Å². The number of urea groups is 1. The summed E-state index contributed by atoms with van der Waals surface area (Å²) in [4.78, 5) is 36.2. The number of anilines is 1. The Morgan fingerprint density at radius 3 is 2.18 bits per heavy atom. The number of nitrogens with one attached hydrogen (secondary N) is 2. The van der Waals surface area contributed by atoms with Crippen molar-refractivity contribution in [2.24, 2.45) is 5.73 Å². The van der Waals surface area contributed by atoms with Gasteiger partial charge >= 0.3 is 12.0 Å². The molecule has 0 heterocycles. The predicted molar refractivity (Wildman–Crippen MR) is 107 cm³/mol. The van der Waals surface area contributed by atoms with E-state index >= 15 is 0 Å². The lowest BCUT2D eigenvalue weighted by Crippen LogP contribution is -2.47. The van der Waals surface area contributed by atoms with Gasteiger partial charge in [-0.05, 0) is 37.5 Å². The number of benzene rings is 2. The molecule has 2 rings (SSSR count). The minimum atomic E-state index is -1.04. The van der Waals surface area contributed by atoms with Crippen LogP contribution in [0, 0.1) is 13.8 Å². The lowest BCUT2D eigenvalue weighted by atomic mass is 10.1. The minimum Gasteiger partial charge on any atom is -0.451 e. The van der Waals surface area contributed by atoms with Crippen LogP contribution in [0.3, 0.4) is 0 Å². The van der Waals surface area contributed by atoms with E-state index < -0.39 is 30.1 Å². The number of rotatable bonds is 7. The Morgan fingerprint density at radius 2 is 1.61 bits per heavy atom. The van der Waals surface area contributed by atoms with Gasteiger partial charge in [0, 0.05) is 12.1 Å². The van der Waals surface area contributed by atoms with Gasteiger partial charge in [0.05, 0.1) is 0 Å². The summed E-state index contributed by atoms with van der Waals surface area (Å²) >= 11 is 0. The fourth-order valence-corrected chi connectivity index (χ4v) is 2.76. The fraction of sp³-hybridized carbons (Fsp3) is 0.286. The summed E-state index contributed by atoms with van der Waals surface area (Å²) in [5.41, 5.74) is 8.50. The van der Waals surface area contributed by atoms with E-state index in [-0.39, 0.29) is 6.42 Å². The molecule has 28 heavy (non-hydrogen) atoms. The Hall–Kier alpha value is -3.35. The molecule has 0 aliphatic heterocycles. The second-order valence-corrected chi connectivity index (χ2v) is 6.59. The van der Waals surface area contributed by atoms with E-state index in [9.17, 15) is 14.4 Å². The third kappa shape index (κ3) is 5.84. The fourth-order valence-electron chi connectivity index (χ4n) is 2.76. The first-order valence-electron chi connectivity index (χ1n) is 8.95. The van der Waals surface area contributed by atoms with E-state index in [0.29, 0.717) is 5.69 Å². The number of ether oxygens (including phenoxy) is 1. The summed E-state index contributed by atoms with van der Waals surface area (Å²) in [6.45, 7) is 5.24. The summed E-state index contributed by atoms with van der Waals surface area (Å²) in [7, 11) is 0. The number of carbonyl (C=O) groups excluding carboxylic acids is 3. The number of nitrogens with two attached hydrogens (primary N) is 1. The molecule has 0 saturated heterocycles. The van der Waals surface area contributed by atoms with Gasteiger partial charge in [0.25, 0.3) is 5.91 Å². The second kappa shape index (κ2) is 9.55. The van der Waals surface area contributed by atoms with Crippen molar-refractivity contribution >= 4 is 23.6 Å². The summed E-state index contributed by atoms with van der Waals surface area (Å²) in [6.07, 6.45) is -0.840. The van der Waals surface area contributed by atoms with Gasteiger partial charge in [-0.2, -0.15) is 0 Å². The number of carbonyl (C=O) groups is 3. The summed E-state index contributed by atoms with van der Waals surface area (Å²) in [6, 6.07) is 13.0. The number of hydrogen-bond donors (Lipinski definition) is 3. The molecule has 7 nitrogen and oxygen atoms in total. The zero-order valence-electron chi connectivity index (χ0n) is 16.2. The van der Waals surface area contributed by atoms with Gasteiger partial charge in [-0.1, -0.05) is 48.5 Å². The molecule has 0 radical (unpaired) electrons. The minimum absolute atomic E-state index is 0.202. The molecule has 0 aliphatic rings. The van der Waals surface area contributed by atoms with Crippen molar-refractivity contribution in [1.82, 2.24) is 5.32 Å². The molecule has 0 spiro atoms. The maximum absolute atomic E-state index is 12.5. The molecule has 7 heteroatoms. The highest BCUT2D eigenvalue weighted by atomic mass is 16.5. The van der Waals surface area contributed by atoms with Crippen LogP contribution in [0.25, 0.3) is 0 Å². The third-order valence-electron chi connectivity index (χ3n) is 4.28. The molecule has 3 amide bonds. The average molecular weight is 383 g/mol. The molecule has 0 unspecified atom stereocenters. The molecular formula is C21H25N3O4. The highest BCUT2D eigenvalue weighted by Gasteiger charge is 2.26. The van der Waals surface area contributed by atoms with Gasteiger partial charge in [-0.3, -0.25) is 4.79 Å². The van der Waals surface area contributed by atoms with Crippen molar-refractivity contribution in [2.75, 3.05) is 5.32 Å². The molecule has 2 aromatic rings. The number of aryl methyl sites for hydroxylation is 2. The molecule has 4 N–H and O–H groups in total. The topological polar surface area (TPSA) is 111 Å².